The van der Waals surface area contributed by atoms with Crippen molar-refractivity contribution in [2.45, 2.75) is 6.92 Å². The summed E-state index contributed by atoms with van der Waals surface area (Å²) >= 11 is 13.7. The van der Waals surface area contributed by atoms with Gasteiger partial charge in [0.25, 0.3) is 0 Å². The Labute approximate surface area is 384 Å². The third-order valence-corrected chi connectivity index (χ3v) is 6.53. The Morgan fingerprint density at radius 2 is 1.53 bits per heavy atom. The summed E-state index contributed by atoms with van der Waals surface area (Å²) in [4.78, 5) is 63.7. The van der Waals surface area contributed by atoms with Gasteiger partial charge in [0.05, 0.1) is 30.7 Å². The van der Waals surface area contributed by atoms with Gasteiger partial charge in [0.15, 0.2) is 11.4 Å². The maximum Gasteiger partial charge on any atom is 0.357 e. The first-order chi connectivity index (χ1) is 31.7. The first-order valence-electron chi connectivity index (χ1n) is 17.4. The molecule has 0 aliphatic heterocycles. The molecule has 0 fully saturated rings. The lowest BCUT2D eigenvalue weighted by molar-refractivity contribution is 0.0644. The normalized spacial score (nSPS) is 8.83. The van der Waals surface area contributed by atoms with Crippen molar-refractivity contribution in [2.24, 2.45) is 14.1 Å². The van der Waals surface area contributed by atoms with Crippen LogP contribution in [0.4, 0.5) is 5.95 Å². The predicted molar refractivity (Wildman–Crippen MR) is 236 cm³/mol. The summed E-state index contributed by atoms with van der Waals surface area (Å²) < 4.78 is 4.79. The van der Waals surface area contributed by atoms with Crippen molar-refractivity contribution in [3.05, 3.63) is 143 Å². The van der Waals surface area contributed by atoms with Crippen LogP contribution in [-0.2, 0) is 14.1 Å². The quantitative estimate of drug-likeness (QED) is 0.113. The highest BCUT2D eigenvalue weighted by atomic mass is 32.1. The van der Waals surface area contributed by atoms with Crippen LogP contribution < -0.4 is 5.73 Å². The zero-order valence-corrected chi connectivity index (χ0v) is 36.9. The fourth-order valence-electron chi connectivity index (χ4n) is 3.00. The van der Waals surface area contributed by atoms with Crippen molar-refractivity contribution >= 4 is 60.5 Å². The van der Waals surface area contributed by atoms with Gasteiger partial charge in [0.2, 0.25) is 20.3 Å². The molecule has 10 aromatic rings. The van der Waals surface area contributed by atoms with E-state index in [-0.39, 0.29) is 5.56 Å². The first-order valence-corrected chi connectivity index (χ1v) is 18.6. The molecular weight excluding hydrogens is 929 g/mol. The van der Waals surface area contributed by atoms with E-state index < -0.39 is 29.3 Å². The van der Waals surface area contributed by atoms with Crippen LogP contribution in [0.3, 0.4) is 0 Å². The van der Waals surface area contributed by atoms with Crippen molar-refractivity contribution in [1.82, 2.24) is 126 Å². The molecule has 32 nitrogen and oxygen atoms in total. The number of nitrogens with one attached hydrogen (secondary N) is 11. The van der Waals surface area contributed by atoms with Gasteiger partial charge >= 0.3 is 17.9 Å². The number of anilines is 1. The number of H-pyrrole nitrogens is 11. The molecule has 0 saturated carbocycles. The highest BCUT2D eigenvalue weighted by molar-refractivity contribution is 7.71. The van der Waals surface area contributed by atoms with E-state index in [1.165, 1.54) is 31.4 Å². The zero-order valence-electron chi connectivity index (χ0n) is 34.4. The fraction of sp³-hybridized carbons (Fsp3) is 0.0968. The van der Waals surface area contributed by atoms with Gasteiger partial charge in [0, 0.05) is 69.9 Å². The second-order valence-electron chi connectivity index (χ2n) is 10.6. The number of aryl methyl sites for hydroxylation is 3. The molecule has 66 heavy (non-hydrogen) atoms. The SMILES string of the molecule is Cc1ncc[nH]1.Cn1[nH]nnc1=S.Cn1ccnc1.Nc1nc(=S)[nH][nH]1.O=C(O)c1cn[nH]c1.O=C(O)c1nc[nH]c1C(=O)O.S=c1nc[nH][nH]1.c1c[nH]cn1.c1cn[nH]c1.c1nc[nH]n1. The Morgan fingerprint density at radius 3 is 1.74 bits per heavy atom. The molecular formula is C31H42N26O6S3. The minimum absolute atomic E-state index is 0.185. The largest absolute Gasteiger partial charge is 0.478 e. The molecule has 0 atom stereocenters. The summed E-state index contributed by atoms with van der Waals surface area (Å²) in [6.45, 7) is 1.92. The highest BCUT2D eigenvalue weighted by Crippen LogP contribution is 2.01. The Balaban J connectivity index is 0.000000370. The van der Waals surface area contributed by atoms with Crippen molar-refractivity contribution < 1.29 is 29.7 Å². The summed E-state index contributed by atoms with van der Waals surface area (Å²) in [6.07, 6.45) is 25.5. The second kappa shape index (κ2) is 34.2. The van der Waals surface area contributed by atoms with Gasteiger partial charge in [-0.3, -0.25) is 35.7 Å². The molecule has 350 valence electrons. The van der Waals surface area contributed by atoms with Crippen molar-refractivity contribution in [3.63, 3.8) is 0 Å². The molecule has 0 aliphatic carbocycles. The molecule has 0 saturated heterocycles. The summed E-state index contributed by atoms with van der Waals surface area (Å²) in [5, 5.41) is 62.6. The van der Waals surface area contributed by atoms with Gasteiger partial charge < -0.3 is 40.6 Å². The number of carboxylic acid groups (broad SMARTS) is 3. The predicted octanol–water partition coefficient (Wildman–Crippen LogP) is 2.07. The van der Waals surface area contributed by atoms with Gasteiger partial charge in [-0.15, -0.1) is 0 Å². The standard InChI is InChI=1S/C5H4N2O4.C4H4N2O2.2C4H6N2.2C3H4N2.2C2H4N4S.C2H3N3S.C2H3N3/c8-4(9)2-3(5(10)11)7-1-6-2;7-4(8)3-1-5-6-2-3;1-6-3-2-5-4-6;1-4-5-2-3-6-4;1-2-5-3-4-1;1-2-4-5-3-1;1-6-2(7)3-4-5-6;3-1-4-2(7)6-5-1;6-2-3-1-4-5-2;1-3-2-5-4-1/h1H,(H,6,7)(H,8,9)(H,10,11);1-2H,(H,5,6)(H,7,8);2-4H,1H3;2-3H,1H3,(H,5,6);2*1-3H,(H,4,5);1H3,(H,3,5,7);(H4,3,4,5,6,7);1H,(H2,3,4,5,6);1-2H,(H,3,4,5). The number of hydrogen-bond acceptors (Lipinski definition) is 19. The molecule has 0 radical (unpaired) electrons. The fourth-order valence-corrected chi connectivity index (χ4v) is 3.34. The molecule has 0 aliphatic rings. The summed E-state index contributed by atoms with van der Waals surface area (Å²) in [6, 6.07) is 1.83. The van der Waals surface area contributed by atoms with Crippen LogP contribution in [0.25, 0.3) is 0 Å². The van der Waals surface area contributed by atoms with Crippen molar-refractivity contribution in [2.75, 3.05) is 5.73 Å². The molecule has 10 rings (SSSR count). The lowest BCUT2D eigenvalue weighted by atomic mass is 10.3. The number of aromatic carboxylic acids is 3. The Hall–Kier alpha value is -9.38. The average molecular weight is 971 g/mol. The molecule has 0 amide bonds. The van der Waals surface area contributed by atoms with E-state index in [1.54, 1.807) is 67.8 Å². The molecule has 0 aromatic carbocycles. The molecule has 35 heteroatoms. The number of carboxylic acids is 3. The van der Waals surface area contributed by atoms with Crippen LogP contribution in [0.2, 0.25) is 0 Å². The number of rotatable bonds is 3. The number of nitrogens with zero attached hydrogens (tertiary/aromatic N) is 14. The number of nitrogens with two attached hydrogens (primary N) is 1. The lowest BCUT2D eigenvalue weighted by Crippen LogP contribution is -2.07. The van der Waals surface area contributed by atoms with Crippen molar-refractivity contribution in [3.8, 4) is 0 Å². The average Bonchev–Trinajstić information content (AvgIpc) is 4.15. The number of aromatic nitrogens is 25. The molecule has 10 aromatic heterocycles. The van der Waals surface area contributed by atoms with E-state index in [4.69, 9.17) is 21.1 Å². The Morgan fingerprint density at radius 1 is 0.727 bits per heavy atom. The topological polar surface area (TPSA) is 476 Å². The molecule has 0 bridgehead atoms. The second-order valence-corrected chi connectivity index (χ2v) is 11.8. The van der Waals surface area contributed by atoms with Crippen molar-refractivity contribution in [1.29, 1.82) is 0 Å². The summed E-state index contributed by atoms with van der Waals surface area (Å²) in [5.41, 5.74) is 4.42. The van der Waals surface area contributed by atoms with E-state index >= 15 is 0 Å². The van der Waals surface area contributed by atoms with Crippen LogP contribution in [-0.4, -0.2) is 159 Å². The van der Waals surface area contributed by atoms with Crippen LogP contribution in [0.5, 0.6) is 0 Å². The molecule has 0 unspecified atom stereocenters. The molecule has 16 N–H and O–H groups in total. The van der Waals surface area contributed by atoms with Crippen LogP contribution in [0, 0.1) is 21.2 Å². The monoisotopic (exact) mass is 970 g/mol. The third-order valence-electron chi connectivity index (χ3n) is 5.78. The smallest absolute Gasteiger partial charge is 0.357 e. The van der Waals surface area contributed by atoms with Crippen LogP contribution in [0.1, 0.15) is 37.2 Å². The minimum Gasteiger partial charge on any atom is -0.478 e. The van der Waals surface area contributed by atoms with E-state index in [9.17, 15) is 14.4 Å². The maximum atomic E-state index is 10.3. The van der Waals surface area contributed by atoms with Gasteiger partial charge in [-0.05, 0) is 49.6 Å². The number of aromatic amines is 11. The van der Waals surface area contributed by atoms with E-state index in [2.05, 4.69) is 153 Å². The van der Waals surface area contributed by atoms with Gasteiger partial charge in [0.1, 0.15) is 24.8 Å². The number of hydrogen-bond donors (Lipinski definition) is 15. The molecule has 10 heterocycles. The van der Waals surface area contributed by atoms with E-state index in [1.807, 2.05) is 30.8 Å². The third kappa shape index (κ3) is 28.2. The zero-order chi connectivity index (χ0) is 48.8. The van der Waals surface area contributed by atoms with Gasteiger partial charge in [-0.25, -0.2) is 49.0 Å². The van der Waals surface area contributed by atoms with E-state index in [0.717, 1.165) is 12.2 Å². The summed E-state index contributed by atoms with van der Waals surface area (Å²) in [5.74, 6) is -2.36. The van der Waals surface area contributed by atoms with Crippen LogP contribution >= 0.6 is 36.7 Å². The number of imidazole rings is 4. The number of tetrazole rings is 1. The van der Waals surface area contributed by atoms with Gasteiger partial charge in [-0.1, -0.05) is 10.3 Å². The molecule has 0 spiro atoms. The Kier molecular flexibility index (Phi) is 28.3. The number of nitrogen functional groups attached to an aromatic ring is 1. The maximum absolute atomic E-state index is 10.3. The Bertz CT molecular complexity index is 2570. The lowest BCUT2D eigenvalue weighted by Gasteiger charge is -1.88. The first kappa shape index (κ1) is 54.6. The van der Waals surface area contributed by atoms with E-state index in [0.29, 0.717) is 20.3 Å². The minimum atomic E-state index is -1.36. The summed E-state index contributed by atoms with van der Waals surface area (Å²) in [7, 11) is 3.69. The van der Waals surface area contributed by atoms with Crippen LogP contribution in [0.15, 0.2) is 106 Å². The van der Waals surface area contributed by atoms with Gasteiger partial charge in [-0.2, -0.15) is 25.5 Å². The highest BCUT2D eigenvalue weighted by Gasteiger charge is 2.18. The number of carbonyl (C=O) groups is 3.